The molecular weight excluding hydrogens is 234 g/mol. The summed E-state index contributed by atoms with van der Waals surface area (Å²) in [4.78, 5) is 2.14. The average molecular weight is 251 g/mol. The summed E-state index contributed by atoms with van der Waals surface area (Å²) in [6.07, 6.45) is -0.144. The molecule has 2 aliphatic heterocycles. The van der Waals surface area contributed by atoms with Gasteiger partial charge in [-0.05, 0) is 17.7 Å². The highest BCUT2D eigenvalue weighted by atomic mass is 16.7. The number of hydroxylamine groups is 2. The van der Waals surface area contributed by atoms with Crippen LogP contribution >= 0.6 is 0 Å². The summed E-state index contributed by atoms with van der Waals surface area (Å²) in [5, 5.41) is 10.6. The van der Waals surface area contributed by atoms with E-state index >= 15 is 0 Å². The zero-order chi connectivity index (χ0) is 12.5. The number of rotatable bonds is 2. The number of hydrogen-bond acceptors (Lipinski definition) is 6. The molecular formula is C12H17N3O3. The van der Waals surface area contributed by atoms with E-state index in [0.29, 0.717) is 19.9 Å². The van der Waals surface area contributed by atoms with Crippen molar-refractivity contribution in [2.24, 2.45) is 5.73 Å². The second-order valence-corrected chi connectivity index (χ2v) is 4.64. The first-order valence-electron chi connectivity index (χ1n) is 6.04. The van der Waals surface area contributed by atoms with Gasteiger partial charge in [0.25, 0.3) is 0 Å². The third-order valence-corrected chi connectivity index (χ3v) is 3.33. The molecule has 98 valence electrons. The van der Waals surface area contributed by atoms with Gasteiger partial charge in [-0.1, -0.05) is 6.07 Å². The van der Waals surface area contributed by atoms with Gasteiger partial charge >= 0.3 is 0 Å². The van der Waals surface area contributed by atoms with Crippen molar-refractivity contribution in [1.82, 2.24) is 9.96 Å². The molecule has 0 saturated carbocycles. The Labute approximate surface area is 105 Å². The lowest BCUT2D eigenvalue weighted by atomic mass is 10.1. The van der Waals surface area contributed by atoms with E-state index in [1.165, 1.54) is 5.06 Å². The van der Waals surface area contributed by atoms with Crippen LogP contribution < -0.4 is 15.2 Å². The Morgan fingerprint density at radius 1 is 1.28 bits per heavy atom. The molecule has 2 aliphatic rings. The van der Waals surface area contributed by atoms with Gasteiger partial charge in [-0.2, -0.15) is 5.06 Å². The van der Waals surface area contributed by atoms with Gasteiger partial charge in [-0.15, -0.1) is 0 Å². The molecule has 6 heteroatoms. The van der Waals surface area contributed by atoms with Crippen LogP contribution in [-0.4, -0.2) is 47.8 Å². The smallest absolute Gasteiger partial charge is 0.231 e. The highest BCUT2D eigenvalue weighted by molar-refractivity contribution is 5.44. The fourth-order valence-corrected chi connectivity index (χ4v) is 2.30. The molecule has 0 radical (unpaired) electrons. The molecule has 1 fully saturated rings. The molecule has 3 rings (SSSR count). The molecule has 0 spiro atoms. The molecule has 6 nitrogen and oxygen atoms in total. The van der Waals surface area contributed by atoms with E-state index < -0.39 is 0 Å². The highest BCUT2D eigenvalue weighted by Crippen LogP contribution is 2.32. The van der Waals surface area contributed by atoms with Crippen molar-refractivity contribution in [3.05, 3.63) is 23.8 Å². The van der Waals surface area contributed by atoms with Crippen LogP contribution in [0.5, 0.6) is 11.5 Å². The number of nitrogens with two attached hydrogens (primary N) is 1. The van der Waals surface area contributed by atoms with E-state index in [9.17, 15) is 5.21 Å². The van der Waals surface area contributed by atoms with Gasteiger partial charge < -0.3 is 20.4 Å². The molecule has 0 aromatic heterocycles. The van der Waals surface area contributed by atoms with Gasteiger partial charge in [0.15, 0.2) is 11.5 Å². The van der Waals surface area contributed by atoms with E-state index in [1.807, 2.05) is 18.2 Å². The monoisotopic (exact) mass is 251 g/mol. The van der Waals surface area contributed by atoms with Crippen LogP contribution in [0.2, 0.25) is 0 Å². The van der Waals surface area contributed by atoms with E-state index in [2.05, 4.69) is 4.90 Å². The predicted molar refractivity (Wildman–Crippen MR) is 64.3 cm³/mol. The molecule has 1 aromatic rings. The van der Waals surface area contributed by atoms with Crippen LogP contribution in [0, 0.1) is 0 Å². The van der Waals surface area contributed by atoms with Crippen molar-refractivity contribution in [3.8, 4) is 11.5 Å². The number of benzene rings is 1. The zero-order valence-corrected chi connectivity index (χ0v) is 10.1. The Kier molecular flexibility index (Phi) is 3.09. The van der Waals surface area contributed by atoms with Gasteiger partial charge in [-0.25, -0.2) is 0 Å². The minimum absolute atomic E-state index is 0.144. The summed E-state index contributed by atoms with van der Waals surface area (Å²) in [6.45, 7) is 2.90. The third-order valence-electron chi connectivity index (χ3n) is 3.33. The molecule has 3 N–H and O–H groups in total. The van der Waals surface area contributed by atoms with Crippen molar-refractivity contribution >= 4 is 0 Å². The number of nitrogens with zero attached hydrogens (tertiary/aromatic N) is 2. The lowest BCUT2D eigenvalue weighted by Gasteiger charge is -2.36. The van der Waals surface area contributed by atoms with Crippen molar-refractivity contribution in [2.75, 3.05) is 26.4 Å². The van der Waals surface area contributed by atoms with Crippen molar-refractivity contribution in [1.29, 1.82) is 0 Å². The van der Waals surface area contributed by atoms with E-state index in [-0.39, 0.29) is 6.17 Å². The Hall–Kier alpha value is -1.34. The maximum absolute atomic E-state index is 9.38. The summed E-state index contributed by atoms with van der Waals surface area (Å²) in [5.74, 6) is 1.59. The van der Waals surface area contributed by atoms with E-state index in [0.717, 1.165) is 30.2 Å². The SMILES string of the molecule is NC1CN(O)CCN1Cc1ccc2c(c1)OCO2. The first kappa shape index (κ1) is 11.7. The number of ether oxygens (including phenoxy) is 2. The van der Waals surface area contributed by atoms with Crippen molar-refractivity contribution in [3.63, 3.8) is 0 Å². The molecule has 18 heavy (non-hydrogen) atoms. The molecule has 1 saturated heterocycles. The summed E-state index contributed by atoms with van der Waals surface area (Å²) in [6, 6.07) is 5.93. The van der Waals surface area contributed by atoms with Crippen LogP contribution in [0.25, 0.3) is 0 Å². The fourth-order valence-electron chi connectivity index (χ4n) is 2.30. The van der Waals surface area contributed by atoms with Crippen LogP contribution in [0.1, 0.15) is 5.56 Å². The Morgan fingerprint density at radius 2 is 2.11 bits per heavy atom. The molecule has 1 atom stereocenters. The van der Waals surface area contributed by atoms with Crippen LogP contribution in [0.3, 0.4) is 0 Å². The summed E-state index contributed by atoms with van der Waals surface area (Å²) in [5.41, 5.74) is 7.14. The molecule has 0 aliphatic carbocycles. The summed E-state index contributed by atoms with van der Waals surface area (Å²) < 4.78 is 10.6. The Balaban J connectivity index is 1.69. The average Bonchev–Trinajstić information content (AvgIpc) is 2.80. The van der Waals surface area contributed by atoms with E-state index in [1.54, 1.807) is 0 Å². The van der Waals surface area contributed by atoms with Gasteiger partial charge in [0.05, 0.1) is 12.7 Å². The maximum Gasteiger partial charge on any atom is 0.231 e. The molecule has 0 amide bonds. The van der Waals surface area contributed by atoms with Gasteiger partial charge in [0, 0.05) is 19.6 Å². The predicted octanol–water partition coefficient (Wildman–Crippen LogP) is 0.207. The quantitative estimate of drug-likeness (QED) is 0.783. The summed E-state index contributed by atoms with van der Waals surface area (Å²) in [7, 11) is 0. The minimum atomic E-state index is -0.144. The largest absolute Gasteiger partial charge is 0.454 e. The molecule has 1 unspecified atom stereocenters. The maximum atomic E-state index is 9.38. The topological polar surface area (TPSA) is 71.2 Å². The zero-order valence-electron chi connectivity index (χ0n) is 10.1. The lowest BCUT2D eigenvalue weighted by Crippen LogP contribution is -2.55. The van der Waals surface area contributed by atoms with Crippen molar-refractivity contribution in [2.45, 2.75) is 12.7 Å². The van der Waals surface area contributed by atoms with E-state index in [4.69, 9.17) is 15.2 Å². The van der Waals surface area contributed by atoms with Crippen LogP contribution in [0.4, 0.5) is 0 Å². The molecule has 1 aromatic carbocycles. The van der Waals surface area contributed by atoms with Crippen LogP contribution in [0.15, 0.2) is 18.2 Å². The normalized spacial score (nSPS) is 24.4. The first-order valence-corrected chi connectivity index (χ1v) is 6.04. The molecule has 0 bridgehead atoms. The number of piperazine rings is 1. The first-order chi connectivity index (χ1) is 8.72. The van der Waals surface area contributed by atoms with Gasteiger partial charge in [0.2, 0.25) is 6.79 Å². The van der Waals surface area contributed by atoms with Crippen LogP contribution in [-0.2, 0) is 6.54 Å². The minimum Gasteiger partial charge on any atom is -0.454 e. The van der Waals surface area contributed by atoms with Crippen molar-refractivity contribution < 1.29 is 14.7 Å². The lowest BCUT2D eigenvalue weighted by molar-refractivity contribution is -0.134. The highest BCUT2D eigenvalue weighted by Gasteiger charge is 2.23. The second kappa shape index (κ2) is 4.74. The number of fused-ring (bicyclic) bond motifs is 1. The van der Waals surface area contributed by atoms with Gasteiger partial charge in [0.1, 0.15) is 0 Å². The number of hydrogen-bond donors (Lipinski definition) is 2. The standard InChI is InChI=1S/C12H17N3O3/c13-12-7-15(16)4-3-14(12)6-9-1-2-10-11(5-9)18-8-17-10/h1-2,5,12,16H,3-4,6-8,13H2. The Bertz CT molecular complexity index is 441. The fraction of sp³-hybridized carbons (Fsp3) is 0.500. The Morgan fingerprint density at radius 3 is 2.94 bits per heavy atom. The third kappa shape index (κ3) is 2.28. The molecule has 2 heterocycles. The summed E-state index contributed by atoms with van der Waals surface area (Å²) >= 11 is 0. The van der Waals surface area contributed by atoms with Gasteiger partial charge in [-0.3, -0.25) is 4.90 Å². The second-order valence-electron chi connectivity index (χ2n) is 4.64.